The molecule has 1 atom stereocenters. The lowest BCUT2D eigenvalue weighted by Gasteiger charge is -2.13. The first-order chi connectivity index (χ1) is 8.60. The summed E-state index contributed by atoms with van der Waals surface area (Å²) in [6.07, 6.45) is 0.897. The van der Waals surface area contributed by atoms with E-state index in [0.29, 0.717) is 5.92 Å². The summed E-state index contributed by atoms with van der Waals surface area (Å²) in [5.41, 5.74) is 1.12. The Bertz CT molecular complexity index is 417. The second kappa shape index (κ2) is 5.80. The van der Waals surface area contributed by atoms with Crippen LogP contribution < -0.4 is 0 Å². The minimum atomic E-state index is -0.0846. The van der Waals surface area contributed by atoms with Gasteiger partial charge in [0, 0.05) is 24.4 Å². The number of carbonyl (C=O) groups is 1. The van der Waals surface area contributed by atoms with Crippen LogP contribution in [0.25, 0.3) is 0 Å². The van der Waals surface area contributed by atoms with Gasteiger partial charge >= 0.3 is 5.97 Å². The van der Waals surface area contributed by atoms with Crippen molar-refractivity contribution in [2.45, 2.75) is 32.7 Å². The summed E-state index contributed by atoms with van der Waals surface area (Å²) in [5.74, 6) is 0.446. The average molecular weight is 268 g/mol. The monoisotopic (exact) mass is 268 g/mol. The van der Waals surface area contributed by atoms with Crippen LogP contribution in [0.4, 0.5) is 0 Å². The molecule has 1 unspecified atom stereocenters. The van der Waals surface area contributed by atoms with E-state index in [1.807, 2.05) is 0 Å². The Morgan fingerprint density at radius 1 is 1.67 bits per heavy atom. The fourth-order valence-electron chi connectivity index (χ4n) is 2.22. The van der Waals surface area contributed by atoms with Crippen LogP contribution >= 0.6 is 11.3 Å². The highest BCUT2D eigenvalue weighted by atomic mass is 32.1. The standard InChI is InChI=1S/C13H20N2O2S/c1-9(2)12-14-11(8-18-12)7-15-5-4-10(6-15)13(16)17-3/h8-10H,4-7H2,1-3H3. The molecule has 0 saturated carbocycles. The fourth-order valence-corrected chi connectivity index (χ4v) is 3.05. The van der Waals surface area contributed by atoms with Crippen molar-refractivity contribution in [1.29, 1.82) is 0 Å². The molecule has 1 fully saturated rings. The van der Waals surface area contributed by atoms with E-state index in [2.05, 4.69) is 29.1 Å². The van der Waals surface area contributed by atoms with Crippen molar-refractivity contribution in [2.75, 3.05) is 20.2 Å². The van der Waals surface area contributed by atoms with Crippen LogP contribution in [-0.4, -0.2) is 36.1 Å². The lowest BCUT2D eigenvalue weighted by Crippen LogP contribution is -2.23. The fraction of sp³-hybridized carbons (Fsp3) is 0.692. The maximum Gasteiger partial charge on any atom is 0.310 e. The molecule has 100 valence electrons. The minimum Gasteiger partial charge on any atom is -0.469 e. The number of nitrogens with zero attached hydrogens (tertiary/aromatic N) is 2. The van der Waals surface area contributed by atoms with Crippen molar-refractivity contribution < 1.29 is 9.53 Å². The number of ether oxygens (including phenoxy) is 1. The number of hydrogen-bond donors (Lipinski definition) is 0. The highest BCUT2D eigenvalue weighted by Gasteiger charge is 2.29. The molecular formula is C13H20N2O2S. The summed E-state index contributed by atoms with van der Waals surface area (Å²) in [7, 11) is 1.46. The molecule has 1 aliphatic heterocycles. The minimum absolute atomic E-state index is 0.0400. The van der Waals surface area contributed by atoms with Gasteiger partial charge in [-0.3, -0.25) is 9.69 Å². The first-order valence-electron chi connectivity index (χ1n) is 6.34. The molecule has 0 amide bonds. The van der Waals surface area contributed by atoms with E-state index < -0.39 is 0 Å². The van der Waals surface area contributed by atoms with Crippen molar-refractivity contribution in [3.05, 3.63) is 16.1 Å². The number of aromatic nitrogens is 1. The number of hydrogen-bond acceptors (Lipinski definition) is 5. The Kier molecular flexibility index (Phi) is 4.35. The zero-order valence-corrected chi connectivity index (χ0v) is 12.0. The molecule has 4 nitrogen and oxygen atoms in total. The summed E-state index contributed by atoms with van der Waals surface area (Å²) >= 11 is 1.72. The number of likely N-dealkylation sites (tertiary alicyclic amines) is 1. The van der Waals surface area contributed by atoms with E-state index in [1.165, 1.54) is 12.1 Å². The lowest BCUT2D eigenvalue weighted by atomic mass is 10.1. The van der Waals surface area contributed by atoms with Crippen molar-refractivity contribution in [3.8, 4) is 0 Å². The molecule has 0 aromatic carbocycles. The van der Waals surface area contributed by atoms with E-state index >= 15 is 0 Å². The predicted molar refractivity (Wildman–Crippen MR) is 71.6 cm³/mol. The zero-order valence-electron chi connectivity index (χ0n) is 11.2. The van der Waals surface area contributed by atoms with E-state index in [1.54, 1.807) is 11.3 Å². The third-order valence-corrected chi connectivity index (χ3v) is 4.45. The van der Waals surface area contributed by atoms with E-state index in [9.17, 15) is 4.79 Å². The van der Waals surface area contributed by atoms with Crippen LogP contribution in [0.1, 0.15) is 36.9 Å². The molecule has 0 aliphatic carbocycles. The third kappa shape index (κ3) is 3.09. The van der Waals surface area contributed by atoms with Gasteiger partial charge in [-0.2, -0.15) is 0 Å². The van der Waals surface area contributed by atoms with Crippen LogP contribution in [0, 0.1) is 5.92 Å². The maximum absolute atomic E-state index is 11.4. The summed E-state index contributed by atoms with van der Waals surface area (Å²) in [6.45, 7) is 6.91. The third-order valence-electron chi connectivity index (χ3n) is 3.26. The second-order valence-corrected chi connectivity index (χ2v) is 5.97. The Morgan fingerprint density at radius 2 is 2.44 bits per heavy atom. The van der Waals surface area contributed by atoms with Gasteiger partial charge in [0.1, 0.15) is 0 Å². The first-order valence-corrected chi connectivity index (χ1v) is 7.22. The molecule has 0 N–H and O–H groups in total. The predicted octanol–water partition coefficient (Wildman–Crippen LogP) is 2.26. The smallest absolute Gasteiger partial charge is 0.310 e. The Labute approximate surface area is 112 Å². The molecule has 0 spiro atoms. The summed E-state index contributed by atoms with van der Waals surface area (Å²) in [5, 5.41) is 3.31. The van der Waals surface area contributed by atoms with Gasteiger partial charge in [0.05, 0.1) is 23.7 Å². The van der Waals surface area contributed by atoms with Crippen molar-refractivity contribution in [3.63, 3.8) is 0 Å². The van der Waals surface area contributed by atoms with Crippen LogP contribution in [0.15, 0.2) is 5.38 Å². The normalized spacial score (nSPS) is 20.6. The van der Waals surface area contributed by atoms with Gasteiger partial charge in [-0.05, 0) is 13.0 Å². The Hall–Kier alpha value is -0.940. The van der Waals surface area contributed by atoms with Crippen molar-refractivity contribution in [2.24, 2.45) is 5.92 Å². The topological polar surface area (TPSA) is 42.4 Å². The van der Waals surface area contributed by atoms with Crippen molar-refractivity contribution >= 4 is 17.3 Å². The largest absolute Gasteiger partial charge is 0.469 e. The molecule has 1 aromatic heterocycles. The van der Waals surface area contributed by atoms with Crippen LogP contribution in [0.5, 0.6) is 0 Å². The number of rotatable bonds is 4. The van der Waals surface area contributed by atoms with E-state index in [-0.39, 0.29) is 11.9 Å². The average Bonchev–Trinajstić information content (AvgIpc) is 2.98. The number of esters is 1. The highest BCUT2D eigenvalue weighted by molar-refractivity contribution is 7.09. The van der Waals surface area contributed by atoms with Crippen LogP contribution in [0.3, 0.4) is 0 Å². The van der Waals surface area contributed by atoms with Gasteiger partial charge < -0.3 is 4.74 Å². The number of methoxy groups -OCH3 is 1. The summed E-state index contributed by atoms with van der Waals surface area (Å²) in [6, 6.07) is 0. The van der Waals surface area contributed by atoms with E-state index in [0.717, 1.165) is 31.7 Å². The summed E-state index contributed by atoms with van der Waals surface area (Å²) in [4.78, 5) is 18.3. The molecule has 2 heterocycles. The van der Waals surface area contributed by atoms with Gasteiger partial charge in [0.2, 0.25) is 0 Å². The molecule has 0 bridgehead atoms. The van der Waals surface area contributed by atoms with E-state index in [4.69, 9.17) is 4.74 Å². The zero-order chi connectivity index (χ0) is 13.1. The first kappa shape index (κ1) is 13.5. The number of thiazole rings is 1. The molecule has 1 aliphatic rings. The molecule has 0 radical (unpaired) electrons. The SMILES string of the molecule is COC(=O)C1CCN(Cc2csc(C(C)C)n2)C1. The van der Waals surface area contributed by atoms with Gasteiger partial charge in [-0.15, -0.1) is 11.3 Å². The highest BCUT2D eigenvalue weighted by Crippen LogP contribution is 2.23. The van der Waals surface area contributed by atoms with Gasteiger partial charge in [-0.1, -0.05) is 13.8 Å². The number of carbonyl (C=O) groups excluding carboxylic acids is 1. The molecule has 5 heteroatoms. The van der Waals surface area contributed by atoms with Crippen molar-refractivity contribution in [1.82, 2.24) is 9.88 Å². The molecule has 1 aromatic rings. The van der Waals surface area contributed by atoms with Crippen LogP contribution in [-0.2, 0) is 16.1 Å². The second-order valence-electron chi connectivity index (χ2n) is 5.08. The Balaban J connectivity index is 1.89. The van der Waals surface area contributed by atoms with Gasteiger partial charge in [0.15, 0.2) is 0 Å². The lowest BCUT2D eigenvalue weighted by molar-refractivity contribution is -0.144. The molecular weight excluding hydrogens is 248 g/mol. The summed E-state index contributed by atoms with van der Waals surface area (Å²) < 4.78 is 4.79. The van der Waals surface area contributed by atoms with Gasteiger partial charge in [-0.25, -0.2) is 4.98 Å². The Morgan fingerprint density at radius 3 is 3.06 bits per heavy atom. The molecule has 18 heavy (non-hydrogen) atoms. The molecule has 1 saturated heterocycles. The van der Waals surface area contributed by atoms with Crippen LogP contribution in [0.2, 0.25) is 0 Å². The molecule has 2 rings (SSSR count). The maximum atomic E-state index is 11.4. The quantitative estimate of drug-likeness (QED) is 0.786. The van der Waals surface area contributed by atoms with Gasteiger partial charge in [0.25, 0.3) is 0 Å².